The lowest BCUT2D eigenvalue weighted by molar-refractivity contribution is -0.134. The zero-order valence-electron chi connectivity index (χ0n) is 13.5. The number of carbonyl (C=O) groups excluding carboxylic acids is 2. The molecule has 0 radical (unpaired) electrons. The third-order valence-corrected chi connectivity index (χ3v) is 4.49. The lowest BCUT2D eigenvalue weighted by Crippen LogP contribution is -2.39. The van der Waals surface area contributed by atoms with E-state index < -0.39 is 23.7 Å². The molecule has 0 spiro atoms. The first-order chi connectivity index (χ1) is 11.4. The number of amides is 2. The minimum Gasteiger partial charge on any atom is -0.390 e. The highest BCUT2D eigenvalue weighted by Crippen LogP contribution is 2.27. The van der Waals surface area contributed by atoms with Gasteiger partial charge in [-0.05, 0) is 25.1 Å². The predicted molar refractivity (Wildman–Crippen MR) is 85.0 cm³/mol. The van der Waals surface area contributed by atoms with Crippen molar-refractivity contribution in [2.24, 2.45) is 0 Å². The second-order valence-electron chi connectivity index (χ2n) is 6.44. The van der Waals surface area contributed by atoms with Crippen LogP contribution in [0.4, 0.5) is 10.2 Å². The van der Waals surface area contributed by atoms with E-state index in [4.69, 9.17) is 0 Å². The first-order valence-electron chi connectivity index (χ1n) is 8.04. The number of carbonyl (C=O) groups is 2. The third-order valence-electron chi connectivity index (χ3n) is 4.49. The molecule has 2 fully saturated rings. The minimum absolute atomic E-state index is 0.181. The summed E-state index contributed by atoms with van der Waals surface area (Å²) >= 11 is 0. The smallest absolute Gasteiger partial charge is 0.234 e. The first kappa shape index (κ1) is 16.8. The van der Waals surface area contributed by atoms with E-state index in [0.717, 1.165) is 0 Å². The Morgan fingerprint density at radius 1 is 1.33 bits per heavy atom. The van der Waals surface area contributed by atoms with Crippen LogP contribution in [0.3, 0.4) is 0 Å². The molecule has 24 heavy (non-hydrogen) atoms. The maximum Gasteiger partial charge on any atom is 0.234 e. The molecular formula is C16H21FN4O3. The van der Waals surface area contributed by atoms with Crippen LogP contribution in [0, 0.1) is 5.82 Å². The Kier molecular flexibility index (Phi) is 4.77. The van der Waals surface area contributed by atoms with Gasteiger partial charge in [0, 0.05) is 38.8 Å². The number of β-amino-alcohol motifs (C(OH)–C–C–N with tert-alkyl or cyclic N) is 1. The van der Waals surface area contributed by atoms with Gasteiger partial charge in [0.15, 0.2) is 11.6 Å². The summed E-state index contributed by atoms with van der Waals surface area (Å²) in [6.07, 6.45) is 1.51. The molecule has 2 aliphatic heterocycles. The van der Waals surface area contributed by atoms with Crippen LogP contribution in [-0.2, 0) is 9.59 Å². The molecule has 1 aromatic heterocycles. The lowest BCUT2D eigenvalue weighted by Gasteiger charge is -2.25. The third kappa shape index (κ3) is 3.54. The number of aliphatic hydroxyl groups is 1. The maximum atomic E-state index is 14.6. The number of aliphatic hydroxyl groups excluding tert-OH is 1. The van der Waals surface area contributed by atoms with Crippen molar-refractivity contribution in [1.82, 2.24) is 15.2 Å². The Morgan fingerprint density at radius 2 is 2.12 bits per heavy atom. The monoisotopic (exact) mass is 336 g/mol. The minimum atomic E-state index is -0.575. The first-order valence-corrected chi connectivity index (χ1v) is 8.04. The molecule has 2 amide bonds. The van der Waals surface area contributed by atoms with Crippen molar-refractivity contribution in [2.45, 2.75) is 24.9 Å². The van der Waals surface area contributed by atoms with E-state index in [1.165, 1.54) is 12.3 Å². The van der Waals surface area contributed by atoms with E-state index in [-0.39, 0.29) is 18.1 Å². The fraction of sp³-hybridized carbons (Fsp3) is 0.562. The normalized spacial score (nSPS) is 26.2. The van der Waals surface area contributed by atoms with Crippen molar-refractivity contribution in [2.75, 3.05) is 38.1 Å². The van der Waals surface area contributed by atoms with Gasteiger partial charge in [-0.3, -0.25) is 14.9 Å². The van der Waals surface area contributed by atoms with E-state index in [0.29, 0.717) is 38.2 Å². The SMILES string of the molecule is CN1CCN(c2ncc(C3CCC(=O)NC3=O)cc2F)CC(O)C1. The summed E-state index contributed by atoms with van der Waals surface area (Å²) in [7, 11) is 1.91. The number of pyridine rings is 1. The number of likely N-dealkylation sites (N-methyl/N-ethyl adjacent to an activating group) is 1. The zero-order chi connectivity index (χ0) is 17.3. The molecule has 0 saturated carbocycles. The number of piperidine rings is 1. The number of aromatic nitrogens is 1. The summed E-state index contributed by atoms with van der Waals surface area (Å²) in [5, 5.41) is 12.2. The second kappa shape index (κ2) is 6.82. The number of anilines is 1. The zero-order valence-corrected chi connectivity index (χ0v) is 13.5. The van der Waals surface area contributed by atoms with Gasteiger partial charge in [-0.2, -0.15) is 0 Å². The van der Waals surface area contributed by atoms with Gasteiger partial charge in [0.2, 0.25) is 11.8 Å². The van der Waals surface area contributed by atoms with Crippen molar-refractivity contribution in [1.29, 1.82) is 0 Å². The van der Waals surface area contributed by atoms with Crippen molar-refractivity contribution in [3.05, 3.63) is 23.6 Å². The molecule has 8 heteroatoms. The van der Waals surface area contributed by atoms with Crippen LogP contribution in [0.1, 0.15) is 24.3 Å². The number of nitrogens with zero attached hydrogens (tertiary/aromatic N) is 3. The van der Waals surface area contributed by atoms with Crippen molar-refractivity contribution in [3.8, 4) is 0 Å². The van der Waals surface area contributed by atoms with E-state index in [9.17, 15) is 19.1 Å². The summed E-state index contributed by atoms with van der Waals surface area (Å²) in [5.74, 6) is -1.61. The van der Waals surface area contributed by atoms with E-state index >= 15 is 0 Å². The summed E-state index contributed by atoms with van der Waals surface area (Å²) in [6.45, 7) is 2.11. The van der Waals surface area contributed by atoms with Crippen LogP contribution < -0.4 is 10.2 Å². The molecule has 0 aliphatic carbocycles. The van der Waals surface area contributed by atoms with Gasteiger partial charge in [0.1, 0.15) is 0 Å². The van der Waals surface area contributed by atoms with Gasteiger partial charge in [-0.25, -0.2) is 9.37 Å². The molecule has 2 atom stereocenters. The Hall–Kier alpha value is -2.06. The Bertz CT molecular complexity index is 654. The van der Waals surface area contributed by atoms with Gasteiger partial charge in [0.25, 0.3) is 0 Å². The number of imide groups is 1. The average molecular weight is 336 g/mol. The standard InChI is InChI=1S/C16H21FN4O3/c1-20-4-5-21(9-11(22)8-20)15-13(17)6-10(7-18-15)12-2-3-14(23)19-16(12)24/h6-7,11-12,22H,2-5,8-9H2,1H3,(H,19,23,24). The average Bonchev–Trinajstić information content (AvgIpc) is 2.67. The van der Waals surface area contributed by atoms with Crippen LogP contribution in [0.2, 0.25) is 0 Å². The van der Waals surface area contributed by atoms with E-state index in [1.807, 2.05) is 11.9 Å². The molecule has 2 saturated heterocycles. The maximum absolute atomic E-state index is 14.6. The molecule has 0 aromatic carbocycles. The molecule has 2 aliphatic rings. The number of rotatable bonds is 2. The summed E-state index contributed by atoms with van der Waals surface area (Å²) < 4.78 is 14.6. The lowest BCUT2D eigenvalue weighted by atomic mass is 9.91. The molecule has 0 bridgehead atoms. The molecule has 1 aromatic rings. The topological polar surface area (TPSA) is 85.8 Å². The second-order valence-corrected chi connectivity index (χ2v) is 6.44. The summed E-state index contributed by atoms with van der Waals surface area (Å²) in [5.41, 5.74) is 0.466. The molecule has 130 valence electrons. The largest absolute Gasteiger partial charge is 0.390 e. The van der Waals surface area contributed by atoms with Crippen molar-refractivity contribution >= 4 is 17.6 Å². The van der Waals surface area contributed by atoms with Gasteiger partial charge >= 0.3 is 0 Å². The highest BCUT2D eigenvalue weighted by molar-refractivity contribution is 6.00. The fourth-order valence-corrected chi connectivity index (χ4v) is 3.22. The Morgan fingerprint density at radius 3 is 2.83 bits per heavy atom. The van der Waals surface area contributed by atoms with Crippen LogP contribution >= 0.6 is 0 Å². The molecule has 3 heterocycles. The van der Waals surface area contributed by atoms with Crippen LogP contribution in [0.15, 0.2) is 12.3 Å². The number of hydrogen-bond donors (Lipinski definition) is 2. The Labute approximate surface area is 139 Å². The van der Waals surface area contributed by atoms with Crippen LogP contribution in [0.25, 0.3) is 0 Å². The van der Waals surface area contributed by atoms with Gasteiger partial charge < -0.3 is 14.9 Å². The van der Waals surface area contributed by atoms with Crippen molar-refractivity contribution in [3.63, 3.8) is 0 Å². The summed E-state index contributed by atoms with van der Waals surface area (Å²) in [4.78, 5) is 31.0. The highest BCUT2D eigenvalue weighted by Gasteiger charge is 2.29. The predicted octanol–water partition coefficient (Wildman–Crippen LogP) is -0.146. The van der Waals surface area contributed by atoms with Gasteiger partial charge in [0.05, 0.1) is 12.0 Å². The molecule has 2 N–H and O–H groups in total. The molecule has 3 rings (SSSR count). The highest BCUT2D eigenvalue weighted by atomic mass is 19.1. The Balaban J connectivity index is 1.79. The van der Waals surface area contributed by atoms with Crippen molar-refractivity contribution < 1.29 is 19.1 Å². The fourth-order valence-electron chi connectivity index (χ4n) is 3.22. The number of halogens is 1. The van der Waals surface area contributed by atoms with Crippen LogP contribution in [0.5, 0.6) is 0 Å². The quantitative estimate of drug-likeness (QED) is 0.731. The molecular weight excluding hydrogens is 315 g/mol. The van der Waals surface area contributed by atoms with E-state index in [1.54, 1.807) is 4.90 Å². The number of hydrogen-bond acceptors (Lipinski definition) is 6. The molecule has 7 nitrogen and oxygen atoms in total. The van der Waals surface area contributed by atoms with Crippen LogP contribution in [-0.4, -0.2) is 66.1 Å². The molecule has 2 unspecified atom stereocenters. The van der Waals surface area contributed by atoms with Gasteiger partial charge in [-0.1, -0.05) is 0 Å². The van der Waals surface area contributed by atoms with Gasteiger partial charge in [-0.15, -0.1) is 0 Å². The summed E-state index contributed by atoms with van der Waals surface area (Å²) in [6, 6.07) is 1.31. The number of nitrogens with one attached hydrogen (secondary N) is 1. The van der Waals surface area contributed by atoms with E-state index in [2.05, 4.69) is 10.3 Å².